The molecule has 2 nitrogen and oxygen atoms in total. The molecule has 0 atom stereocenters. The lowest BCUT2D eigenvalue weighted by Crippen LogP contribution is -1.86. The van der Waals surface area contributed by atoms with Crippen LogP contribution < -0.4 is 0 Å². The first kappa shape index (κ1) is 9.51. The Hall–Kier alpha value is -1.04. The fourth-order valence-electron chi connectivity index (χ4n) is 1.25. The normalized spacial score (nSPS) is 11.5. The lowest BCUT2D eigenvalue weighted by atomic mass is 10.2. The van der Waals surface area contributed by atoms with Crippen molar-refractivity contribution in [3.8, 4) is 0 Å². The summed E-state index contributed by atoms with van der Waals surface area (Å²) < 4.78 is 38.5. The molecule has 0 spiro atoms. The predicted octanol–water partition coefficient (Wildman–Crippen LogP) is 3.40. The van der Waals surface area contributed by atoms with Gasteiger partial charge in [0.2, 0.25) is 0 Å². The summed E-state index contributed by atoms with van der Waals surface area (Å²) in [5, 5.41) is 5.56. The third kappa shape index (κ3) is 1.39. The smallest absolute Gasteiger partial charge is 0.275 e. The minimum absolute atomic E-state index is 0.150. The average Bonchev–Trinajstić information content (AvgIpc) is 2.47. The molecule has 0 aliphatic rings. The Morgan fingerprint density at radius 3 is 2.71 bits per heavy atom. The van der Waals surface area contributed by atoms with E-state index in [1.165, 1.54) is 6.07 Å². The van der Waals surface area contributed by atoms with E-state index in [1.54, 1.807) is 0 Å². The quantitative estimate of drug-likeness (QED) is 0.841. The van der Waals surface area contributed by atoms with Crippen molar-refractivity contribution in [2.24, 2.45) is 0 Å². The summed E-state index contributed by atoms with van der Waals surface area (Å²) in [6.07, 6.45) is -2.75. The zero-order valence-electron chi connectivity index (χ0n) is 6.69. The first-order valence-corrected chi connectivity index (χ1v) is 4.50. The van der Waals surface area contributed by atoms with Crippen LogP contribution in [0.2, 0.25) is 0 Å². The van der Waals surface area contributed by atoms with Gasteiger partial charge in [-0.05, 0) is 12.1 Å². The summed E-state index contributed by atoms with van der Waals surface area (Å²) in [7, 11) is 0. The average molecular weight is 265 g/mol. The molecule has 0 amide bonds. The van der Waals surface area contributed by atoms with Gasteiger partial charge in [-0.15, -0.1) is 0 Å². The number of aromatic amines is 1. The molecule has 74 valence electrons. The van der Waals surface area contributed by atoms with Crippen LogP contribution in [0.3, 0.4) is 0 Å². The van der Waals surface area contributed by atoms with E-state index in [0.717, 1.165) is 6.07 Å². The van der Waals surface area contributed by atoms with Crippen LogP contribution in [0.15, 0.2) is 16.6 Å². The van der Waals surface area contributed by atoms with E-state index >= 15 is 0 Å². The number of nitrogens with one attached hydrogen (secondary N) is 1. The second-order valence-electron chi connectivity index (χ2n) is 2.72. The van der Waals surface area contributed by atoms with Crippen LogP contribution in [-0.4, -0.2) is 10.2 Å². The number of nitrogens with zero attached hydrogens (tertiary/aromatic N) is 1. The van der Waals surface area contributed by atoms with Gasteiger partial charge in [0.05, 0.1) is 10.9 Å². The fourth-order valence-corrected chi connectivity index (χ4v) is 1.67. The predicted molar refractivity (Wildman–Crippen MR) is 48.7 cm³/mol. The van der Waals surface area contributed by atoms with Gasteiger partial charge in [0.25, 0.3) is 6.43 Å². The number of fused-ring (bicyclic) bond motifs is 1. The second-order valence-corrected chi connectivity index (χ2v) is 3.64. The molecular weight excluding hydrogens is 261 g/mol. The summed E-state index contributed by atoms with van der Waals surface area (Å²) in [5.41, 5.74) is -0.294. The zero-order valence-corrected chi connectivity index (χ0v) is 8.28. The van der Waals surface area contributed by atoms with E-state index in [-0.39, 0.29) is 10.9 Å². The molecule has 0 unspecified atom stereocenters. The molecule has 1 N–H and O–H groups in total. The van der Waals surface area contributed by atoms with Crippen LogP contribution in [0.1, 0.15) is 12.1 Å². The lowest BCUT2D eigenvalue weighted by Gasteiger charge is -1.97. The van der Waals surface area contributed by atoms with E-state index in [9.17, 15) is 13.2 Å². The molecule has 0 radical (unpaired) electrons. The highest BCUT2D eigenvalue weighted by Crippen LogP contribution is 2.29. The van der Waals surface area contributed by atoms with E-state index in [1.807, 2.05) is 0 Å². The highest BCUT2D eigenvalue weighted by molar-refractivity contribution is 9.10. The van der Waals surface area contributed by atoms with Gasteiger partial charge in [-0.25, -0.2) is 13.2 Å². The van der Waals surface area contributed by atoms with Gasteiger partial charge in [0, 0.05) is 4.47 Å². The standard InChI is InChI=1S/C8H4BrF3N2/c9-3-1-4(10)6-5(2-3)13-14-7(6)8(11)12/h1-2,8H,(H,13,14). The maximum atomic E-state index is 13.3. The maximum Gasteiger partial charge on any atom is 0.280 e. The highest BCUT2D eigenvalue weighted by atomic mass is 79.9. The molecule has 0 saturated heterocycles. The van der Waals surface area contributed by atoms with Gasteiger partial charge in [0.15, 0.2) is 0 Å². The molecule has 0 saturated carbocycles. The van der Waals surface area contributed by atoms with Crippen molar-refractivity contribution in [3.05, 3.63) is 28.1 Å². The number of halogens is 4. The van der Waals surface area contributed by atoms with Crippen LogP contribution >= 0.6 is 15.9 Å². The van der Waals surface area contributed by atoms with Crippen molar-refractivity contribution in [1.29, 1.82) is 0 Å². The van der Waals surface area contributed by atoms with Crippen molar-refractivity contribution in [2.75, 3.05) is 0 Å². The number of alkyl halides is 2. The van der Waals surface area contributed by atoms with Gasteiger partial charge in [-0.2, -0.15) is 5.10 Å². The molecular formula is C8H4BrF3N2. The second kappa shape index (κ2) is 3.27. The molecule has 1 heterocycles. The van der Waals surface area contributed by atoms with Crippen LogP contribution in [0.5, 0.6) is 0 Å². The first-order chi connectivity index (χ1) is 6.59. The Kier molecular flexibility index (Phi) is 2.22. The van der Waals surface area contributed by atoms with Crippen molar-refractivity contribution < 1.29 is 13.2 Å². The van der Waals surface area contributed by atoms with E-state index in [0.29, 0.717) is 4.47 Å². The van der Waals surface area contributed by atoms with Crippen molar-refractivity contribution in [1.82, 2.24) is 10.2 Å². The molecule has 0 aliphatic heterocycles. The molecule has 0 fully saturated rings. The Labute approximate surface area is 85.2 Å². The van der Waals surface area contributed by atoms with E-state index < -0.39 is 17.9 Å². The third-order valence-electron chi connectivity index (χ3n) is 1.82. The van der Waals surface area contributed by atoms with Gasteiger partial charge in [-0.1, -0.05) is 15.9 Å². The molecule has 2 rings (SSSR count). The molecule has 1 aromatic heterocycles. The summed E-state index contributed by atoms with van der Waals surface area (Å²) in [6.45, 7) is 0. The minimum atomic E-state index is -2.75. The molecule has 14 heavy (non-hydrogen) atoms. The minimum Gasteiger partial charge on any atom is -0.275 e. The summed E-state index contributed by atoms with van der Waals surface area (Å²) in [5.74, 6) is -0.710. The summed E-state index contributed by atoms with van der Waals surface area (Å²) in [6, 6.07) is 2.60. The van der Waals surface area contributed by atoms with Gasteiger partial charge in [0.1, 0.15) is 11.5 Å². The monoisotopic (exact) mass is 264 g/mol. The number of aromatic nitrogens is 2. The maximum absolute atomic E-state index is 13.3. The molecule has 1 aromatic carbocycles. The largest absolute Gasteiger partial charge is 0.280 e. The van der Waals surface area contributed by atoms with Gasteiger partial charge < -0.3 is 0 Å². The van der Waals surface area contributed by atoms with Gasteiger partial charge in [-0.3, -0.25) is 5.10 Å². The molecule has 0 aliphatic carbocycles. The third-order valence-corrected chi connectivity index (χ3v) is 2.28. The van der Waals surface area contributed by atoms with Crippen LogP contribution in [-0.2, 0) is 0 Å². The van der Waals surface area contributed by atoms with Crippen LogP contribution in [0.4, 0.5) is 13.2 Å². The zero-order chi connectivity index (χ0) is 10.3. The summed E-state index contributed by atoms with van der Waals surface area (Å²) in [4.78, 5) is 0. The Morgan fingerprint density at radius 2 is 2.07 bits per heavy atom. The molecule has 2 aromatic rings. The molecule has 0 bridgehead atoms. The van der Waals surface area contributed by atoms with Gasteiger partial charge >= 0.3 is 0 Å². The Balaban J connectivity index is 2.79. The SMILES string of the molecule is Fc1cc(Br)cc2n[nH]c(C(F)F)c12. The van der Waals surface area contributed by atoms with Crippen molar-refractivity contribution >= 4 is 26.8 Å². The molecule has 6 heteroatoms. The van der Waals surface area contributed by atoms with Crippen LogP contribution in [0, 0.1) is 5.82 Å². The van der Waals surface area contributed by atoms with Crippen LogP contribution in [0.25, 0.3) is 10.9 Å². The number of H-pyrrole nitrogens is 1. The number of hydrogen-bond acceptors (Lipinski definition) is 1. The van der Waals surface area contributed by atoms with Crippen molar-refractivity contribution in [3.63, 3.8) is 0 Å². The van der Waals surface area contributed by atoms with E-state index in [2.05, 4.69) is 26.1 Å². The number of hydrogen-bond donors (Lipinski definition) is 1. The number of rotatable bonds is 1. The number of benzene rings is 1. The Morgan fingerprint density at radius 1 is 1.36 bits per heavy atom. The topological polar surface area (TPSA) is 28.7 Å². The fraction of sp³-hybridized carbons (Fsp3) is 0.125. The van der Waals surface area contributed by atoms with Crippen molar-refractivity contribution in [2.45, 2.75) is 6.43 Å². The highest BCUT2D eigenvalue weighted by Gasteiger charge is 2.18. The summed E-state index contributed by atoms with van der Waals surface area (Å²) >= 11 is 3.05. The lowest BCUT2D eigenvalue weighted by molar-refractivity contribution is 0.147. The first-order valence-electron chi connectivity index (χ1n) is 3.70. The van der Waals surface area contributed by atoms with E-state index in [4.69, 9.17) is 0 Å². The Bertz CT molecular complexity index is 481.